The van der Waals surface area contributed by atoms with Crippen molar-refractivity contribution in [1.29, 1.82) is 0 Å². The Morgan fingerprint density at radius 1 is 1.07 bits per heavy atom. The lowest BCUT2D eigenvalue weighted by atomic mass is 10.1. The molecule has 9 heteroatoms. The maximum absolute atomic E-state index is 13.1. The predicted molar refractivity (Wildman–Crippen MR) is 109 cm³/mol. The van der Waals surface area contributed by atoms with Crippen LogP contribution in [-0.4, -0.2) is 52.8 Å². The van der Waals surface area contributed by atoms with Crippen LogP contribution in [0.15, 0.2) is 53.4 Å². The summed E-state index contributed by atoms with van der Waals surface area (Å²) in [5, 5.41) is 2.02. The quantitative estimate of drug-likeness (QED) is 0.674. The molecule has 2 aromatic carbocycles. The second-order valence-electron chi connectivity index (χ2n) is 7.00. The maximum Gasteiger partial charge on any atom is 0.183 e. The van der Waals surface area contributed by atoms with Crippen LogP contribution in [0.1, 0.15) is 12.5 Å². The third-order valence-corrected chi connectivity index (χ3v) is 9.06. The monoisotopic (exact) mass is 441 g/mol. The van der Waals surface area contributed by atoms with E-state index in [9.17, 15) is 21.2 Å². The number of sulfone groups is 2. The van der Waals surface area contributed by atoms with Gasteiger partial charge < -0.3 is 10.1 Å². The van der Waals surface area contributed by atoms with E-state index < -0.39 is 36.7 Å². The summed E-state index contributed by atoms with van der Waals surface area (Å²) < 4.78 is 68.8. The Labute approximate surface area is 170 Å². The smallest absolute Gasteiger partial charge is 0.183 e. The molecule has 1 saturated heterocycles. The SMILES string of the molecule is CCOc1ccc(S(=O)(=O)[C@@H]2CS(=O)(=O)C[C@H]2NCCc2ccc(F)cc2)cc1. The number of hydrogen-bond donors (Lipinski definition) is 1. The first-order valence-electron chi connectivity index (χ1n) is 9.36. The minimum Gasteiger partial charge on any atom is -0.494 e. The van der Waals surface area contributed by atoms with Crippen LogP contribution in [0.25, 0.3) is 0 Å². The van der Waals surface area contributed by atoms with E-state index in [-0.39, 0.29) is 16.5 Å². The zero-order valence-electron chi connectivity index (χ0n) is 16.0. The van der Waals surface area contributed by atoms with Gasteiger partial charge in [-0.1, -0.05) is 12.1 Å². The molecule has 0 unspecified atom stereocenters. The lowest BCUT2D eigenvalue weighted by Crippen LogP contribution is -2.44. The fraction of sp³-hybridized carbons (Fsp3) is 0.400. The molecule has 1 fully saturated rings. The number of ether oxygens (including phenoxy) is 1. The Morgan fingerprint density at radius 3 is 2.34 bits per heavy atom. The van der Waals surface area contributed by atoms with Gasteiger partial charge in [0.15, 0.2) is 19.7 Å². The number of benzene rings is 2. The van der Waals surface area contributed by atoms with E-state index in [0.717, 1.165) is 5.56 Å². The van der Waals surface area contributed by atoms with E-state index >= 15 is 0 Å². The molecule has 29 heavy (non-hydrogen) atoms. The number of rotatable bonds is 8. The van der Waals surface area contributed by atoms with Crippen molar-refractivity contribution in [3.8, 4) is 5.75 Å². The highest BCUT2D eigenvalue weighted by Crippen LogP contribution is 2.27. The lowest BCUT2D eigenvalue weighted by Gasteiger charge is -2.20. The van der Waals surface area contributed by atoms with Crippen molar-refractivity contribution in [3.05, 3.63) is 59.9 Å². The van der Waals surface area contributed by atoms with Crippen LogP contribution in [-0.2, 0) is 26.1 Å². The molecule has 0 amide bonds. The van der Waals surface area contributed by atoms with Crippen LogP contribution in [0.5, 0.6) is 5.75 Å². The Bertz CT molecular complexity index is 1040. The first-order valence-corrected chi connectivity index (χ1v) is 12.7. The van der Waals surface area contributed by atoms with Crippen LogP contribution in [0.2, 0.25) is 0 Å². The van der Waals surface area contributed by atoms with E-state index in [0.29, 0.717) is 25.3 Å². The van der Waals surface area contributed by atoms with Gasteiger partial charge in [-0.2, -0.15) is 0 Å². The summed E-state index contributed by atoms with van der Waals surface area (Å²) in [7, 11) is -7.31. The number of nitrogens with one attached hydrogen (secondary N) is 1. The van der Waals surface area contributed by atoms with Gasteiger partial charge in [0.1, 0.15) is 11.6 Å². The summed E-state index contributed by atoms with van der Waals surface area (Å²) in [5.41, 5.74) is 0.880. The van der Waals surface area contributed by atoms with Gasteiger partial charge in [0.2, 0.25) is 0 Å². The molecule has 0 aliphatic carbocycles. The Kier molecular flexibility index (Phi) is 6.60. The van der Waals surface area contributed by atoms with Crippen molar-refractivity contribution < 1.29 is 26.0 Å². The summed E-state index contributed by atoms with van der Waals surface area (Å²) in [4.78, 5) is 0.0772. The molecule has 2 aromatic rings. The minimum absolute atomic E-state index is 0.0772. The highest BCUT2D eigenvalue weighted by atomic mass is 32.2. The van der Waals surface area contributed by atoms with Crippen molar-refractivity contribution in [3.63, 3.8) is 0 Å². The first kappa shape index (κ1) is 21.7. The first-order chi connectivity index (χ1) is 13.7. The third kappa shape index (κ3) is 5.34. The summed E-state index contributed by atoms with van der Waals surface area (Å²) in [5.74, 6) is -0.404. The molecule has 2 atom stereocenters. The minimum atomic E-state index is -3.84. The molecule has 158 valence electrons. The van der Waals surface area contributed by atoms with E-state index in [1.54, 1.807) is 24.3 Å². The summed E-state index contributed by atoms with van der Waals surface area (Å²) in [6.45, 7) is 2.68. The molecule has 1 aliphatic rings. The fourth-order valence-corrected chi connectivity index (χ4v) is 8.15. The van der Waals surface area contributed by atoms with E-state index in [1.807, 2.05) is 6.92 Å². The molecule has 0 spiro atoms. The normalized spacial score (nSPS) is 21.2. The van der Waals surface area contributed by atoms with Crippen molar-refractivity contribution in [2.75, 3.05) is 24.7 Å². The Balaban J connectivity index is 1.73. The molecule has 0 aromatic heterocycles. The van der Waals surface area contributed by atoms with Crippen LogP contribution in [0.3, 0.4) is 0 Å². The summed E-state index contributed by atoms with van der Waals surface area (Å²) in [6.07, 6.45) is 0.534. The second-order valence-corrected chi connectivity index (χ2v) is 11.3. The summed E-state index contributed by atoms with van der Waals surface area (Å²) >= 11 is 0. The third-order valence-electron chi connectivity index (χ3n) is 4.90. The van der Waals surface area contributed by atoms with Crippen LogP contribution in [0.4, 0.5) is 4.39 Å². The Morgan fingerprint density at radius 2 is 1.72 bits per heavy atom. The van der Waals surface area contributed by atoms with Gasteiger partial charge in [-0.3, -0.25) is 0 Å². The Hall–Kier alpha value is -1.97. The van der Waals surface area contributed by atoms with Gasteiger partial charge in [0, 0.05) is 6.04 Å². The van der Waals surface area contributed by atoms with Crippen LogP contribution < -0.4 is 10.1 Å². The standard InChI is InChI=1S/C20H24FNO5S2/c1-2-27-17-7-9-18(10-8-17)29(25,26)20-14-28(23,24)13-19(20)22-12-11-15-3-5-16(21)6-4-15/h3-10,19-20,22H,2,11-14H2,1H3/t19-,20-/m1/s1. The maximum atomic E-state index is 13.1. The largest absolute Gasteiger partial charge is 0.494 e. The highest BCUT2D eigenvalue weighted by molar-refractivity contribution is 7.96. The molecule has 0 saturated carbocycles. The van der Waals surface area contributed by atoms with E-state index in [4.69, 9.17) is 4.74 Å². The molecule has 0 bridgehead atoms. The molecule has 1 aliphatic heterocycles. The lowest BCUT2D eigenvalue weighted by molar-refractivity contribution is 0.340. The molecule has 3 rings (SSSR count). The second kappa shape index (κ2) is 8.81. The highest BCUT2D eigenvalue weighted by Gasteiger charge is 2.45. The molecule has 0 radical (unpaired) electrons. The molecular formula is C20H24FNO5S2. The fourth-order valence-electron chi connectivity index (χ4n) is 3.43. The number of halogens is 1. The zero-order chi connectivity index (χ0) is 21.1. The number of hydrogen-bond acceptors (Lipinski definition) is 6. The van der Waals surface area contributed by atoms with Gasteiger partial charge in [-0.25, -0.2) is 21.2 Å². The molecule has 6 nitrogen and oxygen atoms in total. The average molecular weight is 442 g/mol. The van der Waals surface area contributed by atoms with Gasteiger partial charge in [0.25, 0.3) is 0 Å². The van der Waals surface area contributed by atoms with Crippen LogP contribution in [0, 0.1) is 5.82 Å². The van der Waals surface area contributed by atoms with E-state index in [2.05, 4.69) is 5.32 Å². The van der Waals surface area contributed by atoms with Crippen molar-refractivity contribution in [1.82, 2.24) is 5.32 Å². The molecule has 1 N–H and O–H groups in total. The van der Waals surface area contributed by atoms with Crippen molar-refractivity contribution in [2.24, 2.45) is 0 Å². The van der Waals surface area contributed by atoms with Gasteiger partial charge in [-0.05, 0) is 61.9 Å². The zero-order valence-corrected chi connectivity index (χ0v) is 17.7. The van der Waals surface area contributed by atoms with Gasteiger partial charge >= 0.3 is 0 Å². The van der Waals surface area contributed by atoms with Gasteiger partial charge in [0.05, 0.1) is 28.3 Å². The van der Waals surface area contributed by atoms with Crippen LogP contribution >= 0.6 is 0 Å². The summed E-state index contributed by atoms with van der Waals surface area (Å²) in [6, 6.07) is 11.3. The average Bonchev–Trinajstić information content (AvgIpc) is 2.99. The topological polar surface area (TPSA) is 89.5 Å². The van der Waals surface area contributed by atoms with Crippen molar-refractivity contribution in [2.45, 2.75) is 29.5 Å². The van der Waals surface area contributed by atoms with Gasteiger partial charge in [-0.15, -0.1) is 0 Å². The molecular weight excluding hydrogens is 417 g/mol. The predicted octanol–water partition coefficient (Wildman–Crippen LogP) is 2.00. The van der Waals surface area contributed by atoms with E-state index in [1.165, 1.54) is 24.3 Å². The molecule has 1 heterocycles. The van der Waals surface area contributed by atoms with Crippen molar-refractivity contribution >= 4 is 19.7 Å².